The molecule has 0 saturated carbocycles. The van der Waals surface area contributed by atoms with E-state index in [-0.39, 0.29) is 19.5 Å². The fraction of sp³-hybridized carbons (Fsp3) is 0. The number of hydrogen-bond donors (Lipinski definition) is 3. The molecule has 0 aliphatic carbocycles. The van der Waals surface area contributed by atoms with E-state index in [1.807, 2.05) is 0 Å². The molecular formula is CH4N2O2Zn. The predicted octanol–water partition coefficient (Wildman–Crippen LogP) is -0.875. The van der Waals surface area contributed by atoms with Gasteiger partial charge in [0.1, 0.15) is 0 Å². The number of carboxylic acid groups (broad SMARTS) is 1. The van der Waals surface area contributed by atoms with Crippen LogP contribution in [0.2, 0.25) is 0 Å². The molecule has 4 N–H and O–H groups in total. The van der Waals surface area contributed by atoms with Crippen LogP contribution in [0.25, 0.3) is 0 Å². The molecule has 0 spiro atoms. The minimum atomic E-state index is -1.22. The van der Waals surface area contributed by atoms with E-state index >= 15 is 0 Å². The van der Waals surface area contributed by atoms with E-state index in [2.05, 4.69) is 5.84 Å². The van der Waals surface area contributed by atoms with Crippen LogP contribution in [0.5, 0.6) is 0 Å². The maximum Gasteiger partial charge on any atom is 0.418 e. The summed E-state index contributed by atoms with van der Waals surface area (Å²) in [6, 6.07) is 0. The van der Waals surface area contributed by atoms with E-state index < -0.39 is 6.09 Å². The second-order valence-corrected chi connectivity index (χ2v) is 0.449. The average Bonchev–Trinajstić information content (AvgIpc) is 1.38. The Hall–Kier alpha value is -0.147. The minimum absolute atomic E-state index is 0. The van der Waals surface area contributed by atoms with Crippen LogP contribution in [0, 0.1) is 0 Å². The molecule has 0 fully saturated rings. The summed E-state index contributed by atoms with van der Waals surface area (Å²) < 4.78 is 0. The van der Waals surface area contributed by atoms with E-state index in [9.17, 15) is 0 Å². The first kappa shape index (κ1) is 9.29. The van der Waals surface area contributed by atoms with Gasteiger partial charge in [0.2, 0.25) is 0 Å². The van der Waals surface area contributed by atoms with Crippen LogP contribution in [0.15, 0.2) is 0 Å². The monoisotopic (exact) mass is 140 g/mol. The van der Waals surface area contributed by atoms with Gasteiger partial charge in [-0.1, -0.05) is 0 Å². The second kappa shape index (κ2) is 4.85. The van der Waals surface area contributed by atoms with Crippen LogP contribution >= 0.6 is 0 Å². The van der Waals surface area contributed by atoms with Crippen LogP contribution in [0.1, 0.15) is 0 Å². The Bertz CT molecular complexity index is 46.8. The Morgan fingerprint density at radius 2 is 2.00 bits per heavy atom. The fourth-order valence-electron chi connectivity index (χ4n) is 0. The molecule has 0 saturated heterocycles. The van der Waals surface area contributed by atoms with Gasteiger partial charge in [0, 0.05) is 19.5 Å². The van der Waals surface area contributed by atoms with Crippen LogP contribution < -0.4 is 11.3 Å². The molecule has 0 rings (SSSR count). The molecule has 1 amide bonds. The first-order chi connectivity index (χ1) is 2.27. The maximum atomic E-state index is 9.13. The fourth-order valence-corrected chi connectivity index (χ4v) is 0. The largest absolute Gasteiger partial charge is 0.464 e. The molecule has 0 heterocycles. The Morgan fingerprint density at radius 3 is 2.00 bits per heavy atom. The van der Waals surface area contributed by atoms with Gasteiger partial charge in [-0.05, 0) is 0 Å². The second-order valence-electron chi connectivity index (χ2n) is 0.449. The number of hydrazine groups is 1. The van der Waals surface area contributed by atoms with E-state index in [0.29, 0.717) is 0 Å². The summed E-state index contributed by atoms with van der Waals surface area (Å²) in [6.45, 7) is 0. The van der Waals surface area contributed by atoms with Gasteiger partial charge < -0.3 is 5.11 Å². The molecule has 0 atom stereocenters. The van der Waals surface area contributed by atoms with Crippen molar-refractivity contribution in [2.45, 2.75) is 0 Å². The quantitative estimate of drug-likeness (QED) is 0.178. The van der Waals surface area contributed by atoms with Crippen molar-refractivity contribution in [1.29, 1.82) is 0 Å². The van der Waals surface area contributed by atoms with Gasteiger partial charge in [0.15, 0.2) is 0 Å². The van der Waals surface area contributed by atoms with E-state index in [4.69, 9.17) is 9.90 Å². The predicted molar refractivity (Wildman–Crippen MR) is 15.3 cm³/mol. The first-order valence-electron chi connectivity index (χ1n) is 0.966. The van der Waals surface area contributed by atoms with E-state index in [0.717, 1.165) is 0 Å². The summed E-state index contributed by atoms with van der Waals surface area (Å²) in [5.41, 5.74) is 1.44. The third kappa shape index (κ3) is 9.13. The van der Waals surface area contributed by atoms with Crippen molar-refractivity contribution in [1.82, 2.24) is 5.43 Å². The zero-order chi connectivity index (χ0) is 4.28. The molecule has 0 aliphatic rings. The Kier molecular flexibility index (Phi) is 7.51. The van der Waals surface area contributed by atoms with Gasteiger partial charge in [-0.3, -0.25) is 5.43 Å². The molecule has 0 unspecified atom stereocenters. The number of carbonyl (C=O) groups is 1. The SMILES string of the molecule is NNC(=O)O.[Zn]. The number of rotatable bonds is 0. The third-order valence-electron chi connectivity index (χ3n) is 0.123. The minimum Gasteiger partial charge on any atom is -0.464 e. The number of hydrogen-bond acceptors (Lipinski definition) is 2. The normalized spacial score (nSPS) is 5.50. The van der Waals surface area contributed by atoms with Gasteiger partial charge in [0.05, 0.1) is 0 Å². The van der Waals surface area contributed by atoms with Gasteiger partial charge in [-0.25, -0.2) is 10.6 Å². The Morgan fingerprint density at radius 1 is 1.83 bits per heavy atom. The third-order valence-corrected chi connectivity index (χ3v) is 0.123. The standard InChI is InChI=1S/CH4N2O2.Zn/c2-3-1(4)5;/h3H,2H2,(H,4,5);. The summed E-state index contributed by atoms with van der Waals surface area (Å²) in [7, 11) is 0. The van der Waals surface area contributed by atoms with Gasteiger partial charge in [-0.2, -0.15) is 0 Å². The van der Waals surface area contributed by atoms with Crippen molar-refractivity contribution in [3.05, 3.63) is 0 Å². The first-order valence-corrected chi connectivity index (χ1v) is 0.966. The molecule has 0 bridgehead atoms. The number of nitrogens with two attached hydrogens (primary N) is 1. The Labute approximate surface area is 47.4 Å². The summed E-state index contributed by atoms with van der Waals surface area (Å²) in [5, 5.41) is 7.49. The number of amides is 1. The summed E-state index contributed by atoms with van der Waals surface area (Å²) in [4.78, 5) is 9.13. The zero-order valence-corrected chi connectivity index (χ0v) is 6.11. The van der Waals surface area contributed by atoms with E-state index in [1.54, 1.807) is 0 Å². The van der Waals surface area contributed by atoms with Crippen molar-refractivity contribution in [2.24, 2.45) is 5.84 Å². The molecular weight excluding hydrogens is 137 g/mol. The number of nitrogens with one attached hydrogen (secondary N) is 1. The van der Waals surface area contributed by atoms with E-state index in [1.165, 1.54) is 5.43 Å². The van der Waals surface area contributed by atoms with Gasteiger partial charge in [-0.15, -0.1) is 0 Å². The van der Waals surface area contributed by atoms with Crippen LogP contribution in [0.4, 0.5) is 4.79 Å². The molecule has 32 valence electrons. The Balaban J connectivity index is 0. The smallest absolute Gasteiger partial charge is 0.418 e. The van der Waals surface area contributed by atoms with Crippen LogP contribution in [-0.2, 0) is 19.5 Å². The molecule has 4 nitrogen and oxygen atoms in total. The molecule has 0 aliphatic heterocycles. The molecule has 6 heavy (non-hydrogen) atoms. The van der Waals surface area contributed by atoms with Crippen molar-refractivity contribution in [2.75, 3.05) is 0 Å². The van der Waals surface area contributed by atoms with Crippen LogP contribution in [0.3, 0.4) is 0 Å². The summed E-state index contributed by atoms with van der Waals surface area (Å²) >= 11 is 0. The molecule has 0 aromatic heterocycles. The zero-order valence-electron chi connectivity index (χ0n) is 3.14. The van der Waals surface area contributed by atoms with Crippen molar-refractivity contribution in [3.8, 4) is 0 Å². The van der Waals surface area contributed by atoms with Gasteiger partial charge >= 0.3 is 6.09 Å². The topological polar surface area (TPSA) is 75.3 Å². The van der Waals surface area contributed by atoms with Gasteiger partial charge in [0.25, 0.3) is 0 Å². The molecule has 0 aromatic rings. The summed E-state index contributed by atoms with van der Waals surface area (Å²) in [5.74, 6) is 4.32. The average molecular weight is 141 g/mol. The molecule has 0 aromatic carbocycles. The van der Waals surface area contributed by atoms with Crippen LogP contribution in [-0.4, -0.2) is 11.2 Å². The van der Waals surface area contributed by atoms with Crippen molar-refractivity contribution in [3.63, 3.8) is 0 Å². The van der Waals surface area contributed by atoms with Crippen molar-refractivity contribution < 1.29 is 29.4 Å². The molecule has 0 radical (unpaired) electrons. The van der Waals surface area contributed by atoms with Crippen molar-refractivity contribution >= 4 is 6.09 Å². The summed E-state index contributed by atoms with van der Waals surface area (Å²) in [6.07, 6.45) is -1.22. The molecule has 5 heteroatoms. The maximum absolute atomic E-state index is 9.13.